The molecule has 1 saturated carbocycles. The van der Waals surface area contributed by atoms with Crippen molar-refractivity contribution in [1.29, 1.82) is 0 Å². The predicted molar refractivity (Wildman–Crippen MR) is 80.5 cm³/mol. The van der Waals surface area contributed by atoms with Crippen LogP contribution in [0.15, 0.2) is 24.3 Å². The number of hydrogen-bond acceptors (Lipinski definition) is 2. The number of aliphatic hydroxyl groups is 1. The lowest BCUT2D eigenvalue weighted by atomic mass is 9.84. The molecule has 1 atom stereocenters. The topological polar surface area (TPSA) is 32.3 Å². The molecule has 1 aliphatic rings. The van der Waals surface area contributed by atoms with Gasteiger partial charge in [-0.2, -0.15) is 0 Å². The molecule has 1 aromatic rings. The molecular weight excluding hydrogens is 234 g/mol. The van der Waals surface area contributed by atoms with Gasteiger partial charge < -0.3 is 10.4 Å². The van der Waals surface area contributed by atoms with E-state index < -0.39 is 0 Å². The van der Waals surface area contributed by atoms with Gasteiger partial charge in [-0.15, -0.1) is 0 Å². The Kier molecular flexibility index (Phi) is 5.87. The van der Waals surface area contributed by atoms with Gasteiger partial charge >= 0.3 is 0 Å². The largest absolute Gasteiger partial charge is 0.395 e. The van der Waals surface area contributed by atoms with Gasteiger partial charge in [0.1, 0.15) is 0 Å². The summed E-state index contributed by atoms with van der Waals surface area (Å²) in [6, 6.07) is 9.38. The van der Waals surface area contributed by atoms with Crippen LogP contribution in [0.25, 0.3) is 0 Å². The second kappa shape index (κ2) is 7.66. The molecule has 106 valence electrons. The van der Waals surface area contributed by atoms with Crippen LogP contribution >= 0.6 is 0 Å². The van der Waals surface area contributed by atoms with E-state index in [-0.39, 0.29) is 12.6 Å². The van der Waals surface area contributed by atoms with Gasteiger partial charge in [0, 0.05) is 6.04 Å². The van der Waals surface area contributed by atoms with Gasteiger partial charge in [-0.1, -0.05) is 43.5 Å². The van der Waals surface area contributed by atoms with Crippen LogP contribution in [0.4, 0.5) is 0 Å². The third-order valence-electron chi connectivity index (χ3n) is 4.24. The maximum atomic E-state index is 8.95. The standard InChI is InChI=1S/C17H27NO/c1-14(13-19)18-12-11-15-7-9-17(10-8-15)16-5-3-2-4-6-16/h7-10,14,16,18-19H,2-6,11-13H2,1H3. The van der Waals surface area contributed by atoms with E-state index in [4.69, 9.17) is 5.11 Å². The van der Waals surface area contributed by atoms with Crippen LogP contribution in [0, 0.1) is 0 Å². The van der Waals surface area contributed by atoms with Crippen LogP contribution in [-0.2, 0) is 6.42 Å². The van der Waals surface area contributed by atoms with Crippen molar-refractivity contribution >= 4 is 0 Å². The second-order valence-electron chi connectivity index (χ2n) is 5.86. The molecule has 0 aromatic heterocycles. The molecule has 19 heavy (non-hydrogen) atoms. The fourth-order valence-corrected chi connectivity index (χ4v) is 2.92. The lowest BCUT2D eigenvalue weighted by molar-refractivity contribution is 0.252. The molecule has 1 aromatic carbocycles. The molecule has 0 radical (unpaired) electrons. The number of benzene rings is 1. The number of aliphatic hydroxyl groups excluding tert-OH is 1. The molecular formula is C17H27NO. The van der Waals surface area contributed by atoms with Crippen molar-refractivity contribution in [2.45, 2.75) is 57.4 Å². The first-order valence-corrected chi connectivity index (χ1v) is 7.72. The maximum Gasteiger partial charge on any atom is 0.0581 e. The normalized spacial score (nSPS) is 18.4. The SMILES string of the molecule is CC(CO)NCCc1ccc(C2CCCCC2)cc1. The molecule has 0 saturated heterocycles. The Bertz CT molecular complexity index is 354. The summed E-state index contributed by atoms with van der Waals surface area (Å²) in [6.45, 7) is 3.15. The first kappa shape index (κ1) is 14.5. The van der Waals surface area contributed by atoms with E-state index >= 15 is 0 Å². The Morgan fingerprint density at radius 1 is 1.16 bits per heavy atom. The van der Waals surface area contributed by atoms with E-state index in [2.05, 4.69) is 29.6 Å². The van der Waals surface area contributed by atoms with Crippen molar-refractivity contribution in [2.24, 2.45) is 0 Å². The van der Waals surface area contributed by atoms with Gasteiger partial charge in [0.25, 0.3) is 0 Å². The monoisotopic (exact) mass is 261 g/mol. The second-order valence-corrected chi connectivity index (χ2v) is 5.86. The highest BCUT2D eigenvalue weighted by Crippen LogP contribution is 2.32. The quantitative estimate of drug-likeness (QED) is 0.824. The first-order valence-electron chi connectivity index (χ1n) is 7.72. The summed E-state index contributed by atoms with van der Waals surface area (Å²) in [5.41, 5.74) is 2.91. The highest BCUT2D eigenvalue weighted by atomic mass is 16.3. The number of nitrogens with one attached hydrogen (secondary N) is 1. The summed E-state index contributed by atoms with van der Waals surface area (Å²) in [6.07, 6.45) is 7.99. The van der Waals surface area contributed by atoms with Gasteiger partial charge in [-0.05, 0) is 49.8 Å². The van der Waals surface area contributed by atoms with Crippen molar-refractivity contribution in [3.05, 3.63) is 35.4 Å². The van der Waals surface area contributed by atoms with Crippen molar-refractivity contribution in [3.63, 3.8) is 0 Å². The Labute approximate surface area is 117 Å². The molecule has 2 rings (SSSR count). The fourth-order valence-electron chi connectivity index (χ4n) is 2.92. The summed E-state index contributed by atoms with van der Waals surface area (Å²) in [7, 11) is 0. The third-order valence-corrected chi connectivity index (χ3v) is 4.24. The van der Waals surface area contributed by atoms with Gasteiger partial charge in [-0.3, -0.25) is 0 Å². The van der Waals surface area contributed by atoms with E-state index in [1.807, 2.05) is 6.92 Å². The predicted octanol–water partition coefficient (Wildman–Crippen LogP) is 3.25. The molecule has 0 spiro atoms. The molecule has 0 bridgehead atoms. The molecule has 2 heteroatoms. The third kappa shape index (κ3) is 4.63. The summed E-state index contributed by atoms with van der Waals surface area (Å²) in [5.74, 6) is 0.801. The van der Waals surface area contributed by atoms with Crippen molar-refractivity contribution in [2.75, 3.05) is 13.2 Å². The molecule has 1 fully saturated rings. The highest BCUT2D eigenvalue weighted by molar-refractivity contribution is 5.26. The van der Waals surface area contributed by atoms with Crippen molar-refractivity contribution in [3.8, 4) is 0 Å². The smallest absolute Gasteiger partial charge is 0.0581 e. The average Bonchev–Trinajstić information content (AvgIpc) is 2.48. The molecule has 1 aliphatic carbocycles. The molecule has 0 heterocycles. The van der Waals surface area contributed by atoms with Gasteiger partial charge in [0.05, 0.1) is 6.61 Å². The van der Waals surface area contributed by atoms with Crippen LogP contribution < -0.4 is 5.32 Å². The molecule has 0 aliphatic heterocycles. The van der Waals surface area contributed by atoms with E-state index in [0.29, 0.717) is 0 Å². The van der Waals surface area contributed by atoms with E-state index in [1.54, 1.807) is 0 Å². The van der Waals surface area contributed by atoms with Gasteiger partial charge in [0.15, 0.2) is 0 Å². The number of hydrogen-bond donors (Lipinski definition) is 2. The van der Waals surface area contributed by atoms with Gasteiger partial charge in [-0.25, -0.2) is 0 Å². The van der Waals surface area contributed by atoms with Crippen molar-refractivity contribution < 1.29 is 5.11 Å². The summed E-state index contributed by atoms with van der Waals surface area (Å²) < 4.78 is 0. The Hall–Kier alpha value is -0.860. The Balaban J connectivity index is 1.80. The summed E-state index contributed by atoms with van der Waals surface area (Å²) >= 11 is 0. The van der Waals surface area contributed by atoms with Crippen molar-refractivity contribution in [1.82, 2.24) is 5.32 Å². The minimum absolute atomic E-state index is 0.196. The molecule has 2 N–H and O–H groups in total. The first-order chi connectivity index (χ1) is 9.29. The van der Waals surface area contributed by atoms with Crippen LogP contribution in [0.3, 0.4) is 0 Å². The van der Waals surface area contributed by atoms with Crippen LogP contribution in [-0.4, -0.2) is 24.3 Å². The highest BCUT2D eigenvalue weighted by Gasteiger charge is 2.14. The van der Waals surface area contributed by atoms with Crippen LogP contribution in [0.2, 0.25) is 0 Å². The van der Waals surface area contributed by atoms with Crippen LogP contribution in [0.1, 0.15) is 56.1 Å². The van der Waals surface area contributed by atoms with E-state index in [9.17, 15) is 0 Å². The lowest BCUT2D eigenvalue weighted by Gasteiger charge is -2.22. The minimum Gasteiger partial charge on any atom is -0.395 e. The fraction of sp³-hybridized carbons (Fsp3) is 0.647. The summed E-state index contributed by atoms with van der Waals surface area (Å²) in [4.78, 5) is 0. The molecule has 0 amide bonds. The van der Waals surface area contributed by atoms with E-state index in [1.165, 1.54) is 43.2 Å². The molecule has 1 unspecified atom stereocenters. The lowest BCUT2D eigenvalue weighted by Crippen LogP contribution is -2.30. The Morgan fingerprint density at radius 3 is 2.47 bits per heavy atom. The summed E-state index contributed by atoms with van der Waals surface area (Å²) in [5, 5.41) is 12.3. The average molecular weight is 261 g/mol. The number of rotatable bonds is 6. The zero-order chi connectivity index (χ0) is 13.5. The zero-order valence-electron chi connectivity index (χ0n) is 12.1. The van der Waals surface area contributed by atoms with Gasteiger partial charge in [0.2, 0.25) is 0 Å². The maximum absolute atomic E-state index is 8.95. The Morgan fingerprint density at radius 2 is 1.84 bits per heavy atom. The van der Waals surface area contributed by atoms with Crippen LogP contribution in [0.5, 0.6) is 0 Å². The minimum atomic E-state index is 0.196. The zero-order valence-corrected chi connectivity index (χ0v) is 12.1. The van der Waals surface area contributed by atoms with E-state index in [0.717, 1.165) is 18.9 Å². The molecule has 2 nitrogen and oxygen atoms in total.